The summed E-state index contributed by atoms with van der Waals surface area (Å²) in [6.45, 7) is 5.77. The van der Waals surface area contributed by atoms with Crippen LogP contribution >= 0.6 is 0 Å². The minimum absolute atomic E-state index is 0.0279. The zero-order valence-electron chi connectivity index (χ0n) is 11.5. The number of nitrogens with two attached hydrogens (primary N) is 1. The first kappa shape index (κ1) is 13.5. The van der Waals surface area contributed by atoms with Crippen molar-refractivity contribution in [1.29, 1.82) is 0 Å². The first-order valence-corrected chi connectivity index (χ1v) is 6.57. The molecule has 0 aliphatic heterocycles. The van der Waals surface area contributed by atoms with Crippen LogP contribution in [0, 0.1) is 0 Å². The summed E-state index contributed by atoms with van der Waals surface area (Å²) < 4.78 is 0. The maximum atomic E-state index is 5.81. The molecular formula is C15H20N4. The van der Waals surface area contributed by atoms with E-state index in [0.717, 1.165) is 30.2 Å². The summed E-state index contributed by atoms with van der Waals surface area (Å²) in [5.41, 5.74) is 8.88. The van der Waals surface area contributed by atoms with Gasteiger partial charge in [0.2, 0.25) is 0 Å². The Morgan fingerprint density at radius 3 is 2.58 bits per heavy atom. The molecule has 0 amide bonds. The van der Waals surface area contributed by atoms with Crippen LogP contribution in [0.1, 0.15) is 31.3 Å². The molecule has 2 aromatic rings. The normalized spacial score (nSPS) is 12.2. The van der Waals surface area contributed by atoms with Crippen LogP contribution in [-0.4, -0.2) is 16.5 Å². The summed E-state index contributed by atoms with van der Waals surface area (Å²) in [4.78, 5) is 11.0. The van der Waals surface area contributed by atoms with Gasteiger partial charge in [-0.05, 0) is 38.1 Å². The molecule has 0 aliphatic rings. The number of nitrogens with zero attached hydrogens (tertiary/aromatic N) is 3. The Bertz CT molecular complexity index is 493. The molecule has 0 bridgehead atoms. The van der Waals surface area contributed by atoms with Gasteiger partial charge in [-0.3, -0.25) is 9.97 Å². The van der Waals surface area contributed by atoms with Gasteiger partial charge in [-0.25, -0.2) is 0 Å². The summed E-state index contributed by atoms with van der Waals surface area (Å²) in [7, 11) is 0. The molecule has 0 unspecified atom stereocenters. The first-order valence-electron chi connectivity index (χ1n) is 6.57. The van der Waals surface area contributed by atoms with Crippen molar-refractivity contribution in [2.24, 2.45) is 5.73 Å². The minimum Gasteiger partial charge on any atom is -0.365 e. The molecule has 2 N–H and O–H groups in total. The third-order valence-corrected chi connectivity index (χ3v) is 3.06. The Balaban J connectivity index is 2.13. The van der Waals surface area contributed by atoms with E-state index in [1.54, 1.807) is 0 Å². The van der Waals surface area contributed by atoms with E-state index in [-0.39, 0.29) is 6.04 Å². The van der Waals surface area contributed by atoms with E-state index in [2.05, 4.69) is 27.9 Å². The van der Waals surface area contributed by atoms with Crippen LogP contribution in [0.5, 0.6) is 0 Å². The van der Waals surface area contributed by atoms with Gasteiger partial charge in [-0.15, -0.1) is 0 Å². The summed E-state index contributed by atoms with van der Waals surface area (Å²) in [5, 5.41) is 0. The lowest BCUT2D eigenvalue weighted by Gasteiger charge is -2.22. The maximum absolute atomic E-state index is 5.81. The molecule has 0 saturated heterocycles. The fraction of sp³-hybridized carbons (Fsp3) is 0.333. The van der Waals surface area contributed by atoms with Crippen molar-refractivity contribution in [1.82, 2.24) is 9.97 Å². The predicted octanol–water partition coefficient (Wildman–Crippen LogP) is 2.52. The zero-order chi connectivity index (χ0) is 13.7. The van der Waals surface area contributed by atoms with Crippen LogP contribution in [-0.2, 0) is 6.54 Å². The maximum Gasteiger partial charge on any atom is 0.0602 e. The summed E-state index contributed by atoms with van der Waals surface area (Å²) in [5.74, 6) is 0. The van der Waals surface area contributed by atoms with Gasteiger partial charge in [0.25, 0.3) is 0 Å². The predicted molar refractivity (Wildman–Crippen MR) is 77.8 cm³/mol. The Hall–Kier alpha value is -1.94. The number of hydrogen-bond donors (Lipinski definition) is 1. The van der Waals surface area contributed by atoms with Gasteiger partial charge in [-0.1, -0.05) is 6.07 Å². The van der Waals surface area contributed by atoms with Crippen LogP contribution in [0.15, 0.2) is 42.7 Å². The highest BCUT2D eigenvalue weighted by atomic mass is 15.1. The molecule has 4 heteroatoms. The lowest BCUT2D eigenvalue weighted by molar-refractivity contribution is 0.771. The second-order valence-electron chi connectivity index (χ2n) is 4.57. The molecule has 2 heterocycles. The van der Waals surface area contributed by atoms with Crippen LogP contribution < -0.4 is 10.6 Å². The molecule has 100 valence electrons. The van der Waals surface area contributed by atoms with Crippen molar-refractivity contribution in [2.45, 2.75) is 26.4 Å². The molecule has 0 radical (unpaired) electrons. The molecule has 0 fully saturated rings. The van der Waals surface area contributed by atoms with Crippen molar-refractivity contribution < 1.29 is 0 Å². The standard InChI is InChI=1S/C15H20N4/c1-3-19(11-13-6-4-5-9-17-13)14-7-8-15(12(2)16)18-10-14/h4-10,12H,3,11,16H2,1-2H3/t12-/m0/s1. The highest BCUT2D eigenvalue weighted by molar-refractivity contribution is 5.45. The average Bonchev–Trinajstić information content (AvgIpc) is 2.46. The van der Waals surface area contributed by atoms with Gasteiger partial charge in [0.15, 0.2) is 0 Å². The van der Waals surface area contributed by atoms with Crippen LogP contribution in [0.4, 0.5) is 5.69 Å². The number of aromatic nitrogens is 2. The number of rotatable bonds is 5. The third kappa shape index (κ3) is 3.51. The highest BCUT2D eigenvalue weighted by Gasteiger charge is 2.07. The number of pyridine rings is 2. The monoisotopic (exact) mass is 256 g/mol. The Labute approximate surface area is 114 Å². The van der Waals surface area contributed by atoms with Crippen LogP contribution in [0.3, 0.4) is 0 Å². The molecule has 2 rings (SSSR count). The summed E-state index contributed by atoms with van der Waals surface area (Å²) in [6, 6.07) is 10.00. The van der Waals surface area contributed by atoms with E-state index in [0.29, 0.717) is 0 Å². The van der Waals surface area contributed by atoms with Gasteiger partial charge < -0.3 is 10.6 Å². The van der Waals surface area contributed by atoms with E-state index in [1.807, 2.05) is 43.6 Å². The fourth-order valence-electron chi connectivity index (χ4n) is 1.93. The molecule has 4 nitrogen and oxygen atoms in total. The van der Waals surface area contributed by atoms with Gasteiger partial charge >= 0.3 is 0 Å². The van der Waals surface area contributed by atoms with Gasteiger partial charge in [-0.2, -0.15) is 0 Å². The van der Waals surface area contributed by atoms with Crippen molar-refractivity contribution in [2.75, 3.05) is 11.4 Å². The average molecular weight is 256 g/mol. The number of anilines is 1. The van der Waals surface area contributed by atoms with Gasteiger partial charge in [0.05, 0.1) is 29.8 Å². The van der Waals surface area contributed by atoms with E-state index in [1.165, 1.54) is 0 Å². The van der Waals surface area contributed by atoms with Crippen molar-refractivity contribution >= 4 is 5.69 Å². The Kier molecular flexibility index (Phi) is 4.47. The molecule has 0 spiro atoms. The number of hydrogen-bond acceptors (Lipinski definition) is 4. The van der Waals surface area contributed by atoms with Gasteiger partial charge in [0.1, 0.15) is 0 Å². The van der Waals surface area contributed by atoms with Crippen LogP contribution in [0.25, 0.3) is 0 Å². The fourth-order valence-corrected chi connectivity index (χ4v) is 1.93. The molecule has 0 aliphatic carbocycles. The second kappa shape index (κ2) is 6.29. The van der Waals surface area contributed by atoms with E-state index in [4.69, 9.17) is 5.73 Å². The quantitative estimate of drug-likeness (QED) is 0.893. The first-order chi connectivity index (χ1) is 9.20. The van der Waals surface area contributed by atoms with E-state index >= 15 is 0 Å². The topological polar surface area (TPSA) is 55.0 Å². The lowest BCUT2D eigenvalue weighted by Crippen LogP contribution is -2.23. The second-order valence-corrected chi connectivity index (χ2v) is 4.57. The van der Waals surface area contributed by atoms with E-state index in [9.17, 15) is 0 Å². The summed E-state index contributed by atoms with van der Waals surface area (Å²) in [6.07, 6.45) is 3.70. The largest absolute Gasteiger partial charge is 0.365 e. The minimum atomic E-state index is -0.0279. The van der Waals surface area contributed by atoms with Crippen LogP contribution in [0.2, 0.25) is 0 Å². The van der Waals surface area contributed by atoms with Crippen molar-refractivity contribution in [3.63, 3.8) is 0 Å². The SMILES string of the molecule is CCN(Cc1ccccn1)c1ccc([C@H](C)N)nc1. The molecule has 1 atom stereocenters. The molecule has 0 aromatic carbocycles. The molecular weight excluding hydrogens is 236 g/mol. The van der Waals surface area contributed by atoms with Gasteiger partial charge in [0, 0.05) is 18.8 Å². The molecule has 2 aromatic heterocycles. The molecule has 0 saturated carbocycles. The summed E-state index contributed by atoms with van der Waals surface area (Å²) >= 11 is 0. The Morgan fingerprint density at radius 2 is 2.05 bits per heavy atom. The smallest absolute Gasteiger partial charge is 0.0602 e. The zero-order valence-corrected chi connectivity index (χ0v) is 11.5. The highest BCUT2D eigenvalue weighted by Crippen LogP contribution is 2.17. The van der Waals surface area contributed by atoms with Crippen molar-refractivity contribution in [3.8, 4) is 0 Å². The lowest BCUT2D eigenvalue weighted by atomic mass is 10.2. The Morgan fingerprint density at radius 1 is 1.21 bits per heavy atom. The van der Waals surface area contributed by atoms with Crippen molar-refractivity contribution in [3.05, 3.63) is 54.1 Å². The molecule has 19 heavy (non-hydrogen) atoms. The van der Waals surface area contributed by atoms with E-state index < -0.39 is 0 Å². The third-order valence-electron chi connectivity index (χ3n) is 3.06.